The van der Waals surface area contributed by atoms with Crippen molar-refractivity contribution in [3.05, 3.63) is 90.0 Å². The molecule has 31 heavy (non-hydrogen) atoms. The molecule has 1 amide bonds. The number of rotatable bonds is 10. The van der Waals surface area contributed by atoms with Gasteiger partial charge in [-0.3, -0.25) is 4.79 Å². The second-order valence-electron chi connectivity index (χ2n) is 6.87. The molecule has 6 heteroatoms. The third kappa shape index (κ3) is 6.89. The van der Waals surface area contributed by atoms with E-state index >= 15 is 0 Å². The normalized spacial score (nSPS) is 11.7. The second kappa shape index (κ2) is 11.4. The van der Waals surface area contributed by atoms with Gasteiger partial charge in [-0.2, -0.15) is 5.10 Å². The van der Waals surface area contributed by atoms with Crippen LogP contribution in [-0.4, -0.2) is 24.8 Å². The lowest BCUT2D eigenvalue weighted by Crippen LogP contribution is -2.34. The summed E-state index contributed by atoms with van der Waals surface area (Å²) in [5, 5.41) is 7.24. The molecule has 3 aromatic rings. The molecule has 2 N–H and O–H groups in total. The lowest BCUT2D eigenvalue weighted by molar-refractivity contribution is -0.121. The molecule has 0 fully saturated rings. The minimum Gasteiger partial charge on any atom is -0.494 e. The van der Waals surface area contributed by atoms with Gasteiger partial charge < -0.3 is 14.8 Å². The molecule has 6 nitrogen and oxygen atoms in total. The summed E-state index contributed by atoms with van der Waals surface area (Å²) in [6, 6.07) is 24.5. The first-order valence-corrected chi connectivity index (χ1v) is 10.2. The van der Waals surface area contributed by atoms with Crippen LogP contribution in [0.15, 0.2) is 84.0 Å². The molecule has 0 aliphatic rings. The van der Waals surface area contributed by atoms with Gasteiger partial charge in [0.25, 0.3) is 5.91 Å². The molecule has 0 aliphatic heterocycles. The van der Waals surface area contributed by atoms with Crippen molar-refractivity contribution in [1.29, 1.82) is 0 Å². The highest BCUT2D eigenvalue weighted by Crippen LogP contribution is 2.18. The Morgan fingerprint density at radius 3 is 2.42 bits per heavy atom. The van der Waals surface area contributed by atoms with Gasteiger partial charge in [-0.25, -0.2) is 5.43 Å². The number of carbonyl (C=O) groups excluding carboxylic acids is 1. The maximum Gasteiger partial charge on any atom is 0.262 e. The number of carbonyl (C=O) groups is 1. The largest absolute Gasteiger partial charge is 0.494 e. The van der Waals surface area contributed by atoms with Crippen molar-refractivity contribution in [3.63, 3.8) is 0 Å². The van der Waals surface area contributed by atoms with Gasteiger partial charge in [-0.15, -0.1) is 0 Å². The van der Waals surface area contributed by atoms with Crippen LogP contribution in [0.25, 0.3) is 0 Å². The van der Waals surface area contributed by atoms with Crippen molar-refractivity contribution >= 4 is 17.8 Å². The van der Waals surface area contributed by atoms with E-state index in [1.807, 2.05) is 85.8 Å². The maximum atomic E-state index is 12.4. The Hall–Kier alpha value is -3.80. The average molecular weight is 418 g/mol. The van der Waals surface area contributed by atoms with Crippen molar-refractivity contribution in [2.45, 2.75) is 26.5 Å². The van der Waals surface area contributed by atoms with E-state index in [1.165, 1.54) is 0 Å². The van der Waals surface area contributed by atoms with E-state index in [1.54, 1.807) is 13.1 Å². The summed E-state index contributed by atoms with van der Waals surface area (Å²) in [5.41, 5.74) is 5.26. The first kappa shape index (κ1) is 21.9. The highest BCUT2D eigenvalue weighted by Gasteiger charge is 2.12. The van der Waals surface area contributed by atoms with Gasteiger partial charge in [0.2, 0.25) is 0 Å². The van der Waals surface area contributed by atoms with Crippen LogP contribution in [0.1, 0.15) is 25.0 Å². The summed E-state index contributed by atoms with van der Waals surface area (Å²) < 4.78 is 11.3. The van der Waals surface area contributed by atoms with Gasteiger partial charge in [-0.1, -0.05) is 42.5 Å². The molecule has 0 aromatic heterocycles. The molecule has 0 heterocycles. The van der Waals surface area contributed by atoms with Crippen LogP contribution in [-0.2, 0) is 11.4 Å². The number of anilines is 1. The molecule has 0 spiro atoms. The molecule has 3 rings (SSSR count). The predicted molar refractivity (Wildman–Crippen MR) is 124 cm³/mol. The Morgan fingerprint density at radius 1 is 0.968 bits per heavy atom. The van der Waals surface area contributed by atoms with Crippen molar-refractivity contribution < 1.29 is 14.3 Å². The van der Waals surface area contributed by atoms with E-state index in [-0.39, 0.29) is 5.91 Å². The zero-order chi connectivity index (χ0) is 21.9. The van der Waals surface area contributed by atoms with Gasteiger partial charge in [0, 0.05) is 11.3 Å². The summed E-state index contributed by atoms with van der Waals surface area (Å²) in [5.74, 6) is 1.25. The summed E-state index contributed by atoms with van der Waals surface area (Å²) in [4.78, 5) is 12.4. The predicted octanol–water partition coefficient (Wildman–Crippen LogP) is 4.62. The second-order valence-corrected chi connectivity index (χ2v) is 6.87. The Bertz CT molecular complexity index is 988. The van der Waals surface area contributed by atoms with Crippen LogP contribution in [0, 0.1) is 0 Å². The van der Waals surface area contributed by atoms with E-state index in [9.17, 15) is 4.79 Å². The molecule has 0 saturated carbocycles. The minimum absolute atomic E-state index is 0.243. The Kier molecular flexibility index (Phi) is 8.05. The number of hydrogen-bond donors (Lipinski definition) is 2. The van der Waals surface area contributed by atoms with Crippen molar-refractivity contribution in [3.8, 4) is 11.5 Å². The molecule has 3 aromatic carbocycles. The molecule has 0 saturated heterocycles. The van der Waals surface area contributed by atoms with Crippen LogP contribution in [0.5, 0.6) is 11.5 Å². The molecular weight excluding hydrogens is 390 g/mol. The topological polar surface area (TPSA) is 72.0 Å². The Morgan fingerprint density at radius 2 is 1.68 bits per heavy atom. The van der Waals surface area contributed by atoms with Gasteiger partial charge >= 0.3 is 0 Å². The lowest BCUT2D eigenvalue weighted by Gasteiger charge is -2.14. The minimum atomic E-state index is -0.459. The smallest absolute Gasteiger partial charge is 0.262 e. The number of nitrogens with zero attached hydrogens (tertiary/aromatic N) is 1. The third-order valence-electron chi connectivity index (χ3n) is 4.48. The van der Waals surface area contributed by atoms with Crippen LogP contribution < -0.4 is 20.2 Å². The molecule has 0 bridgehead atoms. The monoisotopic (exact) mass is 417 g/mol. The maximum absolute atomic E-state index is 12.4. The number of benzene rings is 3. The first-order chi connectivity index (χ1) is 15.2. The van der Waals surface area contributed by atoms with Gasteiger partial charge in [0.15, 0.2) is 0 Å². The van der Waals surface area contributed by atoms with E-state index in [4.69, 9.17) is 9.47 Å². The summed E-state index contributed by atoms with van der Waals surface area (Å²) in [7, 11) is 0. The number of amides is 1. The summed E-state index contributed by atoms with van der Waals surface area (Å²) >= 11 is 0. The SMILES string of the molecule is CCOc1ccc(N[C@H](C)C(=O)NN=Cc2ccccc2OCc2ccccc2)cc1. The third-order valence-corrected chi connectivity index (χ3v) is 4.48. The fraction of sp³-hybridized carbons (Fsp3) is 0.200. The fourth-order valence-corrected chi connectivity index (χ4v) is 2.85. The first-order valence-electron chi connectivity index (χ1n) is 10.2. The van der Waals surface area contributed by atoms with E-state index in [0.717, 1.165) is 22.6 Å². The van der Waals surface area contributed by atoms with E-state index < -0.39 is 6.04 Å². The summed E-state index contributed by atoms with van der Waals surface area (Å²) in [6.45, 7) is 4.79. The van der Waals surface area contributed by atoms with Crippen LogP contribution in [0.4, 0.5) is 5.69 Å². The van der Waals surface area contributed by atoms with E-state index in [2.05, 4.69) is 15.8 Å². The van der Waals surface area contributed by atoms with Crippen molar-refractivity contribution in [1.82, 2.24) is 5.43 Å². The van der Waals surface area contributed by atoms with Crippen LogP contribution in [0.2, 0.25) is 0 Å². The average Bonchev–Trinajstić information content (AvgIpc) is 2.80. The van der Waals surface area contributed by atoms with Crippen molar-refractivity contribution in [2.75, 3.05) is 11.9 Å². The molecule has 0 unspecified atom stereocenters. The quantitative estimate of drug-likeness (QED) is 0.373. The molecular formula is C25H27N3O3. The van der Waals surface area contributed by atoms with Crippen LogP contribution in [0.3, 0.4) is 0 Å². The van der Waals surface area contributed by atoms with Gasteiger partial charge in [0.05, 0.1) is 12.8 Å². The molecule has 0 aliphatic carbocycles. The number of para-hydroxylation sites is 1. The Balaban J connectivity index is 1.53. The van der Waals surface area contributed by atoms with Crippen molar-refractivity contribution in [2.24, 2.45) is 5.10 Å². The summed E-state index contributed by atoms with van der Waals surface area (Å²) in [6.07, 6.45) is 1.59. The molecule has 1 atom stereocenters. The Labute approximate surface area is 182 Å². The fourth-order valence-electron chi connectivity index (χ4n) is 2.85. The standard InChI is InChI=1S/C25H27N3O3/c1-3-30-23-15-13-22(14-16-23)27-19(2)25(29)28-26-17-21-11-7-8-12-24(21)31-18-20-9-5-4-6-10-20/h4-17,19,27H,3,18H2,1-2H3,(H,28,29)/t19-/m1/s1. The van der Waals surface area contributed by atoms with Gasteiger partial charge in [0.1, 0.15) is 24.1 Å². The zero-order valence-corrected chi connectivity index (χ0v) is 17.7. The number of hydrazone groups is 1. The lowest BCUT2D eigenvalue weighted by atomic mass is 10.2. The number of ether oxygens (including phenoxy) is 2. The molecule has 0 radical (unpaired) electrons. The highest BCUT2D eigenvalue weighted by atomic mass is 16.5. The highest BCUT2D eigenvalue weighted by molar-refractivity contribution is 5.87. The molecule has 160 valence electrons. The van der Waals surface area contributed by atoms with Gasteiger partial charge in [-0.05, 0) is 55.8 Å². The number of nitrogens with one attached hydrogen (secondary N) is 2. The number of hydrogen-bond acceptors (Lipinski definition) is 5. The van der Waals surface area contributed by atoms with E-state index in [0.29, 0.717) is 19.0 Å². The zero-order valence-electron chi connectivity index (χ0n) is 17.7. The van der Waals surface area contributed by atoms with Crippen LogP contribution >= 0.6 is 0 Å².